The summed E-state index contributed by atoms with van der Waals surface area (Å²) in [6.07, 6.45) is 3.37. The predicted molar refractivity (Wildman–Crippen MR) is 139 cm³/mol. The van der Waals surface area contributed by atoms with Crippen LogP contribution in [0.3, 0.4) is 0 Å². The van der Waals surface area contributed by atoms with Gasteiger partial charge in [0.15, 0.2) is 17.4 Å². The van der Waals surface area contributed by atoms with Crippen LogP contribution in [-0.2, 0) is 17.8 Å². The number of nitro groups is 1. The van der Waals surface area contributed by atoms with Gasteiger partial charge in [0.05, 0.1) is 4.92 Å². The second kappa shape index (κ2) is 9.36. The number of hydrogen-bond acceptors (Lipinski definition) is 8. The maximum atomic E-state index is 15.2. The number of aromatic nitrogens is 4. The molecule has 1 aliphatic rings. The Bertz CT molecular complexity index is 1620. The molecule has 4 heterocycles. The fourth-order valence-electron chi connectivity index (χ4n) is 4.89. The lowest BCUT2D eigenvalue weighted by Gasteiger charge is -2.24. The van der Waals surface area contributed by atoms with Gasteiger partial charge in [0.25, 0.3) is 5.69 Å². The van der Waals surface area contributed by atoms with Crippen molar-refractivity contribution < 1.29 is 19.2 Å². The molecule has 196 valence electrons. The standard InChI is InChI=1S/C26H26FN7O4/c1-13(2)32-6-5-17-9-22(31-33(17)12-23(32)35)30-21-8-16-7-18(24(27)26(36)20(16)11-29-21)19-10-28-15(4)25(14(19)3)34(37)38/h7-11,13,36H,5-6,12H2,1-4H3,(H,29,30,31). The summed E-state index contributed by atoms with van der Waals surface area (Å²) in [7, 11) is 0. The van der Waals surface area contributed by atoms with Gasteiger partial charge < -0.3 is 15.3 Å². The molecular weight excluding hydrogens is 493 g/mol. The Balaban J connectivity index is 1.50. The summed E-state index contributed by atoms with van der Waals surface area (Å²) >= 11 is 0. The molecule has 0 aliphatic carbocycles. The number of anilines is 2. The van der Waals surface area contributed by atoms with Crippen LogP contribution in [0.15, 0.2) is 30.6 Å². The summed E-state index contributed by atoms with van der Waals surface area (Å²) < 4.78 is 16.9. The Hall–Kier alpha value is -4.61. The lowest BCUT2D eigenvalue weighted by Crippen LogP contribution is -2.38. The van der Waals surface area contributed by atoms with Crippen LogP contribution >= 0.6 is 0 Å². The van der Waals surface area contributed by atoms with E-state index in [9.17, 15) is 20.0 Å². The summed E-state index contributed by atoms with van der Waals surface area (Å²) in [5.41, 5.74) is 1.37. The van der Waals surface area contributed by atoms with Crippen molar-refractivity contribution in [2.45, 2.75) is 46.7 Å². The first-order chi connectivity index (χ1) is 18.0. The van der Waals surface area contributed by atoms with E-state index >= 15 is 4.39 Å². The lowest BCUT2D eigenvalue weighted by molar-refractivity contribution is -0.386. The van der Waals surface area contributed by atoms with Crippen LogP contribution in [0.2, 0.25) is 0 Å². The highest BCUT2D eigenvalue weighted by Crippen LogP contribution is 2.39. The van der Waals surface area contributed by atoms with Crippen LogP contribution in [0.4, 0.5) is 21.7 Å². The molecule has 0 saturated heterocycles. The van der Waals surface area contributed by atoms with Crippen LogP contribution in [0.1, 0.15) is 30.8 Å². The highest BCUT2D eigenvalue weighted by Gasteiger charge is 2.25. The zero-order valence-corrected chi connectivity index (χ0v) is 21.3. The van der Waals surface area contributed by atoms with Crippen molar-refractivity contribution >= 4 is 34.0 Å². The molecule has 0 saturated carbocycles. The third-order valence-electron chi connectivity index (χ3n) is 6.85. The number of aromatic hydroxyl groups is 1. The van der Waals surface area contributed by atoms with Crippen LogP contribution in [-0.4, -0.2) is 53.2 Å². The Morgan fingerprint density at radius 2 is 1.89 bits per heavy atom. The highest BCUT2D eigenvalue weighted by atomic mass is 19.1. The predicted octanol–water partition coefficient (Wildman–Crippen LogP) is 4.40. The maximum absolute atomic E-state index is 15.2. The number of fused-ring (bicyclic) bond motifs is 2. The molecule has 3 aromatic heterocycles. The normalized spacial score (nSPS) is 13.6. The van der Waals surface area contributed by atoms with Crippen molar-refractivity contribution in [1.29, 1.82) is 0 Å². The third kappa shape index (κ3) is 4.27. The molecule has 0 bridgehead atoms. The van der Waals surface area contributed by atoms with Gasteiger partial charge in [0.1, 0.15) is 18.1 Å². The molecule has 1 amide bonds. The molecule has 0 fully saturated rings. The molecule has 12 heteroatoms. The zero-order chi connectivity index (χ0) is 27.3. The number of pyridine rings is 2. The fraction of sp³-hybridized carbons (Fsp3) is 0.308. The monoisotopic (exact) mass is 519 g/mol. The molecule has 38 heavy (non-hydrogen) atoms. The van der Waals surface area contributed by atoms with Crippen molar-refractivity contribution in [1.82, 2.24) is 24.6 Å². The average Bonchev–Trinajstić information content (AvgIpc) is 3.14. The summed E-state index contributed by atoms with van der Waals surface area (Å²) in [6, 6.07) is 5.10. The van der Waals surface area contributed by atoms with Crippen LogP contribution in [0.25, 0.3) is 21.9 Å². The number of carbonyl (C=O) groups excluding carboxylic acids is 1. The zero-order valence-electron chi connectivity index (χ0n) is 21.3. The van der Waals surface area contributed by atoms with Gasteiger partial charge in [-0.15, -0.1) is 0 Å². The van der Waals surface area contributed by atoms with Crippen LogP contribution < -0.4 is 5.32 Å². The molecule has 2 N–H and O–H groups in total. The number of phenolic OH excluding ortho intramolecular Hbond substituents is 1. The number of nitrogens with zero attached hydrogens (tertiary/aromatic N) is 6. The van der Waals surface area contributed by atoms with Crippen molar-refractivity contribution in [2.75, 3.05) is 11.9 Å². The number of phenols is 1. The first kappa shape index (κ1) is 25.1. The van der Waals surface area contributed by atoms with E-state index < -0.39 is 16.5 Å². The second-order valence-corrected chi connectivity index (χ2v) is 9.60. The third-order valence-corrected chi connectivity index (χ3v) is 6.85. The Morgan fingerprint density at radius 1 is 1.13 bits per heavy atom. The number of benzene rings is 1. The van der Waals surface area contributed by atoms with Crippen LogP contribution in [0, 0.1) is 29.8 Å². The minimum absolute atomic E-state index is 0.00314. The molecule has 0 spiro atoms. The smallest absolute Gasteiger partial charge is 0.293 e. The number of amides is 1. The molecule has 0 radical (unpaired) electrons. The molecule has 4 aromatic rings. The minimum atomic E-state index is -0.916. The van der Waals surface area contributed by atoms with E-state index in [1.807, 2.05) is 24.8 Å². The van der Waals surface area contributed by atoms with E-state index in [-0.39, 0.29) is 52.0 Å². The molecule has 11 nitrogen and oxygen atoms in total. The van der Waals surface area contributed by atoms with E-state index in [0.29, 0.717) is 30.0 Å². The van der Waals surface area contributed by atoms with Crippen molar-refractivity contribution in [3.63, 3.8) is 0 Å². The molecule has 5 rings (SSSR count). The quantitative estimate of drug-likeness (QED) is 0.292. The number of hydrogen-bond donors (Lipinski definition) is 2. The van der Waals surface area contributed by atoms with E-state index in [1.165, 1.54) is 32.3 Å². The largest absolute Gasteiger partial charge is 0.504 e. The summed E-state index contributed by atoms with van der Waals surface area (Å²) in [4.78, 5) is 33.8. The van der Waals surface area contributed by atoms with Gasteiger partial charge in [-0.25, -0.2) is 9.37 Å². The fourth-order valence-corrected chi connectivity index (χ4v) is 4.89. The Kier molecular flexibility index (Phi) is 6.17. The summed E-state index contributed by atoms with van der Waals surface area (Å²) in [5, 5.41) is 30.4. The number of nitrogens with one attached hydrogen (secondary N) is 1. The average molecular weight is 520 g/mol. The SMILES string of the molecule is Cc1ncc(-c2cc3cc(Nc4cc5n(n4)CC(=O)N(C(C)C)CC5)ncc3c(O)c2F)c(C)c1[N+](=O)[O-]. The first-order valence-electron chi connectivity index (χ1n) is 12.1. The topological polar surface area (TPSA) is 139 Å². The van der Waals surface area contributed by atoms with Crippen molar-refractivity contribution in [3.05, 3.63) is 63.5 Å². The van der Waals surface area contributed by atoms with Gasteiger partial charge in [-0.2, -0.15) is 5.10 Å². The van der Waals surface area contributed by atoms with Crippen LogP contribution in [0.5, 0.6) is 5.75 Å². The van der Waals surface area contributed by atoms with E-state index in [2.05, 4.69) is 20.4 Å². The number of aryl methyl sites for hydroxylation is 1. The van der Waals surface area contributed by atoms with Gasteiger partial charge >= 0.3 is 0 Å². The number of halogens is 1. The van der Waals surface area contributed by atoms with Gasteiger partial charge in [-0.05, 0) is 45.2 Å². The Labute approximate surface area is 217 Å². The lowest BCUT2D eigenvalue weighted by atomic mass is 9.97. The molecule has 1 aromatic carbocycles. The summed E-state index contributed by atoms with van der Waals surface area (Å²) in [6.45, 7) is 7.76. The number of rotatable bonds is 5. The van der Waals surface area contributed by atoms with Crippen molar-refractivity contribution in [3.8, 4) is 16.9 Å². The van der Waals surface area contributed by atoms with E-state index in [4.69, 9.17) is 0 Å². The highest BCUT2D eigenvalue weighted by molar-refractivity contribution is 5.94. The van der Waals surface area contributed by atoms with Gasteiger partial charge in [0.2, 0.25) is 5.91 Å². The first-order valence-corrected chi connectivity index (χ1v) is 12.1. The van der Waals surface area contributed by atoms with Crippen molar-refractivity contribution in [2.24, 2.45) is 0 Å². The van der Waals surface area contributed by atoms with E-state index in [1.54, 1.807) is 10.7 Å². The van der Waals surface area contributed by atoms with Gasteiger partial charge in [0, 0.05) is 65.2 Å². The van der Waals surface area contributed by atoms with Gasteiger partial charge in [-0.3, -0.25) is 24.6 Å². The maximum Gasteiger partial charge on any atom is 0.293 e. The van der Waals surface area contributed by atoms with E-state index in [0.717, 1.165) is 5.69 Å². The molecular formula is C26H26FN7O4. The molecule has 0 unspecified atom stereocenters. The Morgan fingerprint density at radius 3 is 2.61 bits per heavy atom. The summed E-state index contributed by atoms with van der Waals surface area (Å²) in [5.74, 6) is -0.633. The molecule has 0 atom stereocenters. The minimum Gasteiger partial charge on any atom is -0.504 e. The van der Waals surface area contributed by atoms with Gasteiger partial charge in [-0.1, -0.05) is 0 Å². The second-order valence-electron chi connectivity index (χ2n) is 9.60. The molecule has 1 aliphatic heterocycles. The number of carbonyl (C=O) groups is 1.